The second-order valence-electron chi connectivity index (χ2n) is 5.33. The molecule has 0 aliphatic rings. The summed E-state index contributed by atoms with van der Waals surface area (Å²) in [6.45, 7) is 14.1. The largest absolute Gasteiger partial charge is 0.496 e. The molecule has 0 radical (unpaired) electrons. The molecule has 0 N–H and O–H groups in total. The Morgan fingerprint density at radius 1 is 0.621 bits per heavy atom. The summed E-state index contributed by atoms with van der Waals surface area (Å²) in [6.07, 6.45) is 1.75. The Morgan fingerprint density at radius 2 is 1.17 bits per heavy atom. The maximum absolute atomic E-state index is 5.19. The molecule has 0 fully saturated rings. The first-order chi connectivity index (χ1) is 14.3. The van der Waals surface area contributed by atoms with Crippen molar-refractivity contribution < 1.29 is 4.74 Å². The molecule has 4 rings (SSSR count). The molecule has 0 amide bonds. The van der Waals surface area contributed by atoms with Crippen LogP contribution >= 0.6 is 0 Å². The monoisotopic (exact) mass is 391 g/mol. The zero-order chi connectivity index (χ0) is 22.1. The van der Waals surface area contributed by atoms with Crippen LogP contribution < -0.4 is 4.74 Å². The number of pyridine rings is 1. The maximum atomic E-state index is 5.19. The molecule has 156 valence electrons. The number of aromatic nitrogens is 1. The Labute approximate surface area is 177 Å². The Balaban J connectivity index is 0.000000432. The molecule has 2 nitrogen and oxygen atoms in total. The van der Waals surface area contributed by atoms with Crippen LogP contribution in [0.3, 0.4) is 0 Å². The van der Waals surface area contributed by atoms with Gasteiger partial charge in [-0.3, -0.25) is 4.98 Å². The molecule has 0 spiro atoms. The van der Waals surface area contributed by atoms with Crippen LogP contribution in [0.1, 0.15) is 47.1 Å². The van der Waals surface area contributed by atoms with Crippen molar-refractivity contribution in [3.05, 3.63) is 84.6 Å². The highest BCUT2D eigenvalue weighted by molar-refractivity contribution is 5.85. The van der Waals surface area contributed by atoms with E-state index in [0.29, 0.717) is 0 Å². The Bertz CT molecular complexity index is 921. The first kappa shape index (κ1) is 26.1. The fourth-order valence-electron chi connectivity index (χ4n) is 2.63. The predicted octanol–water partition coefficient (Wildman–Crippen LogP) is 8.47. The van der Waals surface area contributed by atoms with Gasteiger partial charge in [-0.1, -0.05) is 96.1 Å². The van der Waals surface area contributed by atoms with Crippen LogP contribution in [0.5, 0.6) is 5.75 Å². The molecule has 4 aromatic rings. The lowest BCUT2D eigenvalue weighted by molar-refractivity contribution is 0.419. The van der Waals surface area contributed by atoms with E-state index < -0.39 is 0 Å². The Morgan fingerprint density at radius 3 is 1.79 bits per heavy atom. The van der Waals surface area contributed by atoms with Gasteiger partial charge in [0.05, 0.1) is 12.6 Å². The molecule has 29 heavy (non-hydrogen) atoms. The van der Waals surface area contributed by atoms with Crippen molar-refractivity contribution in [1.29, 1.82) is 0 Å². The number of para-hydroxylation sites is 1. The van der Waals surface area contributed by atoms with E-state index in [2.05, 4.69) is 54.4 Å². The number of rotatable bonds is 1. The van der Waals surface area contributed by atoms with Gasteiger partial charge in [-0.05, 0) is 41.5 Å². The van der Waals surface area contributed by atoms with Crippen LogP contribution in [0, 0.1) is 6.92 Å². The van der Waals surface area contributed by atoms with Crippen LogP contribution in [0.2, 0.25) is 0 Å². The first-order valence-electron chi connectivity index (χ1n) is 10.6. The van der Waals surface area contributed by atoms with Gasteiger partial charge in [0.15, 0.2) is 0 Å². The van der Waals surface area contributed by atoms with Crippen molar-refractivity contribution in [1.82, 2.24) is 4.98 Å². The van der Waals surface area contributed by atoms with Gasteiger partial charge in [0.2, 0.25) is 0 Å². The quantitative estimate of drug-likeness (QED) is 0.324. The summed E-state index contributed by atoms with van der Waals surface area (Å²) in [5, 5.41) is 3.74. The van der Waals surface area contributed by atoms with Crippen LogP contribution in [0.4, 0.5) is 0 Å². The normalized spacial score (nSPS) is 8.69. The molecule has 0 aliphatic heterocycles. The fraction of sp³-hybridized carbons (Fsp3) is 0.296. The number of methoxy groups -OCH3 is 1. The van der Waals surface area contributed by atoms with E-state index in [4.69, 9.17) is 4.74 Å². The van der Waals surface area contributed by atoms with Crippen molar-refractivity contribution in [2.45, 2.75) is 48.5 Å². The maximum Gasteiger partial charge on any atom is 0.129 e. The topological polar surface area (TPSA) is 22.1 Å². The summed E-state index contributed by atoms with van der Waals surface area (Å²) in [6, 6.07) is 24.6. The summed E-state index contributed by atoms with van der Waals surface area (Å²) in [5.41, 5.74) is 2.32. The Kier molecular flexibility index (Phi) is 14.5. The molecule has 1 aromatic heterocycles. The minimum atomic E-state index is 0.876. The van der Waals surface area contributed by atoms with E-state index in [9.17, 15) is 0 Å². The summed E-state index contributed by atoms with van der Waals surface area (Å²) in [4.78, 5) is 4.21. The zero-order valence-electron chi connectivity index (χ0n) is 19.4. The van der Waals surface area contributed by atoms with Crippen molar-refractivity contribution in [3.8, 4) is 5.75 Å². The fourth-order valence-corrected chi connectivity index (χ4v) is 2.63. The molecule has 0 saturated carbocycles. The second kappa shape index (κ2) is 16.1. The lowest BCUT2D eigenvalue weighted by Crippen LogP contribution is -1.85. The molecular formula is C27H37NO. The van der Waals surface area contributed by atoms with Crippen molar-refractivity contribution in [2.24, 2.45) is 0 Å². The van der Waals surface area contributed by atoms with E-state index in [-0.39, 0.29) is 0 Å². The van der Waals surface area contributed by atoms with E-state index in [0.717, 1.165) is 16.7 Å². The molecule has 0 aliphatic carbocycles. The molecule has 1 heterocycles. The first-order valence-corrected chi connectivity index (χ1v) is 10.6. The van der Waals surface area contributed by atoms with Gasteiger partial charge in [-0.15, -0.1) is 0 Å². The summed E-state index contributed by atoms with van der Waals surface area (Å²) >= 11 is 0. The minimum absolute atomic E-state index is 0.876. The Hall–Kier alpha value is -2.87. The highest BCUT2D eigenvalue weighted by atomic mass is 16.5. The van der Waals surface area contributed by atoms with Gasteiger partial charge in [-0.2, -0.15) is 0 Å². The lowest BCUT2D eigenvalue weighted by Gasteiger charge is -2.02. The van der Waals surface area contributed by atoms with E-state index in [1.54, 1.807) is 13.3 Å². The number of aryl methyl sites for hydroxylation is 1. The zero-order valence-corrected chi connectivity index (χ0v) is 19.4. The van der Waals surface area contributed by atoms with E-state index >= 15 is 0 Å². The lowest BCUT2D eigenvalue weighted by atomic mass is 10.1. The van der Waals surface area contributed by atoms with Gasteiger partial charge in [0, 0.05) is 11.6 Å². The molecule has 0 atom stereocenters. The van der Waals surface area contributed by atoms with Gasteiger partial charge < -0.3 is 4.74 Å². The summed E-state index contributed by atoms with van der Waals surface area (Å²) in [5.74, 6) is 0.876. The van der Waals surface area contributed by atoms with Gasteiger partial charge >= 0.3 is 0 Å². The molecular weight excluding hydrogens is 354 g/mol. The number of benzene rings is 3. The van der Waals surface area contributed by atoms with Crippen LogP contribution in [-0.2, 0) is 0 Å². The smallest absolute Gasteiger partial charge is 0.129 e. The number of ether oxygens (including phenoxy) is 1. The predicted molar refractivity (Wildman–Crippen MR) is 131 cm³/mol. The number of nitrogens with zero attached hydrogens (tertiary/aromatic N) is 1. The second-order valence-corrected chi connectivity index (χ2v) is 5.33. The number of hydrogen-bond donors (Lipinski definition) is 0. The van der Waals surface area contributed by atoms with E-state index in [1.165, 1.54) is 16.3 Å². The highest BCUT2D eigenvalue weighted by Crippen LogP contribution is 2.22. The average Bonchev–Trinajstić information content (AvgIpc) is 2.83. The SMILES string of the molecule is CC.CC.CC.COc1ccnc2ccccc12.Cc1cccc2ccccc12. The van der Waals surface area contributed by atoms with Crippen molar-refractivity contribution >= 4 is 21.7 Å². The third-order valence-electron chi connectivity index (χ3n) is 3.84. The molecule has 0 bridgehead atoms. The van der Waals surface area contributed by atoms with Crippen molar-refractivity contribution in [2.75, 3.05) is 7.11 Å². The van der Waals surface area contributed by atoms with Gasteiger partial charge in [-0.25, -0.2) is 0 Å². The summed E-state index contributed by atoms with van der Waals surface area (Å²) < 4.78 is 5.19. The highest BCUT2D eigenvalue weighted by Gasteiger charge is 1.98. The van der Waals surface area contributed by atoms with Gasteiger partial charge in [0.25, 0.3) is 0 Å². The van der Waals surface area contributed by atoms with Crippen LogP contribution in [-0.4, -0.2) is 12.1 Å². The molecule has 3 aromatic carbocycles. The third kappa shape index (κ3) is 7.95. The number of fused-ring (bicyclic) bond motifs is 2. The standard InChI is InChI=1S/C11H10.C10H9NO.3C2H6/c1-9-5-4-7-10-6-2-3-8-11(9)10;1-12-10-6-7-11-9-5-3-2-4-8(9)10;3*1-2/h2-8H,1H3;2-7H,1H3;3*1-2H3. The third-order valence-corrected chi connectivity index (χ3v) is 3.84. The molecule has 2 heteroatoms. The van der Waals surface area contributed by atoms with Crippen molar-refractivity contribution in [3.63, 3.8) is 0 Å². The summed E-state index contributed by atoms with van der Waals surface area (Å²) in [7, 11) is 1.67. The number of hydrogen-bond acceptors (Lipinski definition) is 2. The average molecular weight is 392 g/mol. The minimum Gasteiger partial charge on any atom is -0.496 e. The van der Waals surface area contributed by atoms with Crippen LogP contribution in [0.15, 0.2) is 79.0 Å². The van der Waals surface area contributed by atoms with E-state index in [1.807, 2.05) is 71.9 Å². The van der Waals surface area contributed by atoms with Gasteiger partial charge in [0.1, 0.15) is 5.75 Å². The van der Waals surface area contributed by atoms with Crippen LogP contribution in [0.25, 0.3) is 21.7 Å². The molecule has 0 unspecified atom stereocenters. The molecule has 0 saturated heterocycles.